The van der Waals surface area contributed by atoms with E-state index in [1.165, 1.54) is 0 Å². The number of para-hydroxylation sites is 1. The van der Waals surface area contributed by atoms with E-state index in [-0.39, 0.29) is 17.7 Å². The molecule has 1 aliphatic rings. The van der Waals surface area contributed by atoms with Crippen molar-refractivity contribution in [1.29, 1.82) is 0 Å². The molecule has 3 rings (SSSR count). The molecule has 1 N–H and O–H groups in total. The summed E-state index contributed by atoms with van der Waals surface area (Å²) in [5.41, 5.74) is 1.85. The SMILES string of the molecule is CCC(=O)N1CC[C@@H](c2ncc(C(=O)Nc3ccccc3)c(C)n2)C1. The Labute approximate surface area is 147 Å². The number of hydrogen-bond donors (Lipinski definition) is 1. The zero-order chi connectivity index (χ0) is 17.8. The van der Waals surface area contributed by atoms with Crippen molar-refractivity contribution in [2.24, 2.45) is 0 Å². The van der Waals surface area contributed by atoms with E-state index in [0.29, 0.717) is 30.0 Å². The summed E-state index contributed by atoms with van der Waals surface area (Å²) >= 11 is 0. The van der Waals surface area contributed by atoms with E-state index in [2.05, 4.69) is 15.3 Å². The predicted octanol–water partition coefficient (Wildman–Crippen LogP) is 2.76. The summed E-state index contributed by atoms with van der Waals surface area (Å²) in [5.74, 6) is 0.795. The van der Waals surface area contributed by atoms with Crippen molar-refractivity contribution >= 4 is 17.5 Å². The first-order chi connectivity index (χ1) is 12.1. The van der Waals surface area contributed by atoms with E-state index in [0.717, 1.165) is 18.7 Å². The molecule has 1 atom stereocenters. The third kappa shape index (κ3) is 3.84. The van der Waals surface area contributed by atoms with Crippen molar-refractivity contribution in [2.45, 2.75) is 32.6 Å². The standard InChI is InChI=1S/C19H22N4O2/c1-3-17(24)23-10-9-14(12-23)18-20-11-16(13(2)21-18)19(25)22-15-7-5-4-6-8-15/h4-8,11,14H,3,9-10,12H2,1-2H3,(H,22,25)/t14-/m1/s1. The zero-order valence-electron chi connectivity index (χ0n) is 14.5. The Kier molecular flexibility index (Phi) is 5.07. The zero-order valence-corrected chi connectivity index (χ0v) is 14.5. The van der Waals surface area contributed by atoms with E-state index in [9.17, 15) is 9.59 Å². The van der Waals surface area contributed by atoms with Crippen LogP contribution in [0.25, 0.3) is 0 Å². The number of likely N-dealkylation sites (tertiary alicyclic amines) is 1. The van der Waals surface area contributed by atoms with Crippen molar-refractivity contribution < 1.29 is 9.59 Å². The second kappa shape index (κ2) is 7.42. The molecule has 130 valence electrons. The van der Waals surface area contributed by atoms with Gasteiger partial charge < -0.3 is 10.2 Å². The van der Waals surface area contributed by atoms with Gasteiger partial charge in [0.2, 0.25) is 5.91 Å². The van der Waals surface area contributed by atoms with Crippen LogP contribution in [0.3, 0.4) is 0 Å². The van der Waals surface area contributed by atoms with Gasteiger partial charge in [-0.15, -0.1) is 0 Å². The summed E-state index contributed by atoms with van der Waals surface area (Å²) in [6.07, 6.45) is 2.96. The van der Waals surface area contributed by atoms with E-state index >= 15 is 0 Å². The minimum Gasteiger partial charge on any atom is -0.342 e. The third-order valence-corrected chi connectivity index (χ3v) is 4.48. The largest absolute Gasteiger partial charge is 0.342 e. The monoisotopic (exact) mass is 338 g/mol. The minimum atomic E-state index is -0.218. The van der Waals surface area contributed by atoms with Gasteiger partial charge in [-0.05, 0) is 25.5 Å². The van der Waals surface area contributed by atoms with Crippen molar-refractivity contribution in [3.63, 3.8) is 0 Å². The molecular formula is C19H22N4O2. The molecule has 6 heteroatoms. The highest BCUT2D eigenvalue weighted by atomic mass is 16.2. The molecule has 1 aromatic heterocycles. The summed E-state index contributed by atoms with van der Waals surface area (Å²) in [5, 5.41) is 2.85. The first kappa shape index (κ1) is 17.1. The predicted molar refractivity (Wildman–Crippen MR) is 95.4 cm³/mol. The van der Waals surface area contributed by atoms with Gasteiger partial charge in [-0.3, -0.25) is 9.59 Å². The number of benzene rings is 1. The Bertz CT molecular complexity index is 776. The fraction of sp³-hybridized carbons (Fsp3) is 0.368. The lowest BCUT2D eigenvalue weighted by atomic mass is 10.1. The van der Waals surface area contributed by atoms with E-state index in [4.69, 9.17) is 0 Å². The highest BCUT2D eigenvalue weighted by Crippen LogP contribution is 2.25. The van der Waals surface area contributed by atoms with E-state index in [1.807, 2.05) is 49.1 Å². The number of aromatic nitrogens is 2. The van der Waals surface area contributed by atoms with Crippen LogP contribution in [0, 0.1) is 6.92 Å². The van der Waals surface area contributed by atoms with Gasteiger partial charge in [0.05, 0.1) is 11.3 Å². The number of amides is 2. The molecule has 0 bridgehead atoms. The number of carbonyl (C=O) groups excluding carboxylic acids is 2. The Morgan fingerprint density at radius 1 is 1.28 bits per heavy atom. The smallest absolute Gasteiger partial charge is 0.259 e. The fourth-order valence-electron chi connectivity index (χ4n) is 3.05. The molecule has 25 heavy (non-hydrogen) atoms. The normalized spacial score (nSPS) is 16.7. The molecule has 1 aromatic carbocycles. The van der Waals surface area contributed by atoms with Crippen LogP contribution in [0.2, 0.25) is 0 Å². The number of hydrogen-bond acceptors (Lipinski definition) is 4. The van der Waals surface area contributed by atoms with E-state index in [1.54, 1.807) is 6.20 Å². The summed E-state index contributed by atoms with van der Waals surface area (Å²) in [7, 11) is 0. The average Bonchev–Trinajstić information content (AvgIpc) is 3.12. The molecule has 6 nitrogen and oxygen atoms in total. The molecule has 0 radical (unpaired) electrons. The van der Waals surface area contributed by atoms with Gasteiger partial charge in [0, 0.05) is 37.3 Å². The number of anilines is 1. The van der Waals surface area contributed by atoms with Crippen molar-refractivity contribution in [3.8, 4) is 0 Å². The quantitative estimate of drug-likeness (QED) is 0.930. The number of nitrogens with zero attached hydrogens (tertiary/aromatic N) is 3. The maximum atomic E-state index is 12.4. The molecule has 0 spiro atoms. The van der Waals surface area contributed by atoms with Crippen LogP contribution >= 0.6 is 0 Å². The van der Waals surface area contributed by atoms with Crippen molar-refractivity contribution in [3.05, 3.63) is 53.6 Å². The molecule has 1 fully saturated rings. The summed E-state index contributed by atoms with van der Waals surface area (Å²) < 4.78 is 0. The van der Waals surface area contributed by atoms with Crippen LogP contribution in [0.1, 0.15) is 47.6 Å². The Balaban J connectivity index is 1.71. The lowest BCUT2D eigenvalue weighted by Crippen LogP contribution is -2.27. The molecule has 2 amide bonds. The van der Waals surface area contributed by atoms with Crippen LogP contribution < -0.4 is 5.32 Å². The van der Waals surface area contributed by atoms with Crippen LogP contribution in [0.15, 0.2) is 36.5 Å². The van der Waals surface area contributed by atoms with Gasteiger partial charge >= 0.3 is 0 Å². The molecule has 1 saturated heterocycles. The maximum absolute atomic E-state index is 12.4. The molecule has 2 heterocycles. The summed E-state index contributed by atoms with van der Waals surface area (Å²) in [6.45, 7) is 5.09. The summed E-state index contributed by atoms with van der Waals surface area (Å²) in [6, 6.07) is 9.30. The van der Waals surface area contributed by atoms with E-state index < -0.39 is 0 Å². The van der Waals surface area contributed by atoms with Gasteiger partial charge in [-0.1, -0.05) is 25.1 Å². The molecule has 2 aromatic rings. The van der Waals surface area contributed by atoms with Crippen LogP contribution in [-0.2, 0) is 4.79 Å². The summed E-state index contributed by atoms with van der Waals surface area (Å²) in [4.78, 5) is 35.0. The topological polar surface area (TPSA) is 75.2 Å². The number of carbonyl (C=O) groups is 2. The number of rotatable bonds is 4. The van der Waals surface area contributed by atoms with Crippen molar-refractivity contribution in [1.82, 2.24) is 14.9 Å². The Morgan fingerprint density at radius 3 is 2.72 bits per heavy atom. The third-order valence-electron chi connectivity index (χ3n) is 4.48. The maximum Gasteiger partial charge on any atom is 0.259 e. The molecular weight excluding hydrogens is 316 g/mol. The first-order valence-electron chi connectivity index (χ1n) is 8.56. The van der Waals surface area contributed by atoms with Crippen LogP contribution in [0.4, 0.5) is 5.69 Å². The average molecular weight is 338 g/mol. The van der Waals surface area contributed by atoms with Gasteiger partial charge in [0.15, 0.2) is 0 Å². The minimum absolute atomic E-state index is 0.139. The van der Waals surface area contributed by atoms with Crippen LogP contribution in [0.5, 0.6) is 0 Å². The first-order valence-corrected chi connectivity index (χ1v) is 8.56. The lowest BCUT2D eigenvalue weighted by molar-refractivity contribution is -0.129. The number of nitrogens with one attached hydrogen (secondary N) is 1. The molecule has 0 unspecified atom stereocenters. The molecule has 1 aliphatic heterocycles. The highest BCUT2D eigenvalue weighted by Gasteiger charge is 2.28. The van der Waals surface area contributed by atoms with Crippen molar-refractivity contribution in [2.75, 3.05) is 18.4 Å². The van der Waals surface area contributed by atoms with Gasteiger partial charge in [0.25, 0.3) is 5.91 Å². The fourth-order valence-corrected chi connectivity index (χ4v) is 3.05. The Hall–Kier alpha value is -2.76. The molecule has 0 aliphatic carbocycles. The van der Waals surface area contributed by atoms with Gasteiger partial charge in [-0.2, -0.15) is 0 Å². The molecule has 0 saturated carbocycles. The number of aryl methyl sites for hydroxylation is 1. The lowest BCUT2D eigenvalue weighted by Gasteiger charge is -2.15. The van der Waals surface area contributed by atoms with Gasteiger partial charge in [-0.25, -0.2) is 9.97 Å². The Morgan fingerprint density at radius 2 is 2.04 bits per heavy atom. The second-order valence-electron chi connectivity index (χ2n) is 6.23. The van der Waals surface area contributed by atoms with Crippen LogP contribution in [-0.4, -0.2) is 39.8 Å². The van der Waals surface area contributed by atoms with Gasteiger partial charge in [0.1, 0.15) is 5.82 Å². The second-order valence-corrected chi connectivity index (χ2v) is 6.23. The highest BCUT2D eigenvalue weighted by molar-refractivity contribution is 6.04.